The highest BCUT2D eigenvalue weighted by atomic mass is 16.4. The molecule has 0 aliphatic heterocycles. The molecule has 0 aliphatic carbocycles. The van der Waals surface area contributed by atoms with E-state index in [0.29, 0.717) is 12.5 Å². The van der Waals surface area contributed by atoms with Gasteiger partial charge in [-0.15, -0.1) is 0 Å². The molecule has 0 amide bonds. The zero-order chi connectivity index (χ0) is 12.7. The Morgan fingerprint density at radius 1 is 1.35 bits per heavy atom. The van der Waals surface area contributed by atoms with E-state index in [0.717, 1.165) is 43.2 Å². The third kappa shape index (κ3) is 4.88. The fourth-order valence-corrected chi connectivity index (χ4v) is 1.94. The molecule has 0 saturated carbocycles. The summed E-state index contributed by atoms with van der Waals surface area (Å²) in [6, 6.07) is 0. The van der Waals surface area contributed by atoms with Gasteiger partial charge in [0.25, 0.3) is 0 Å². The third-order valence-electron chi connectivity index (χ3n) is 3.02. The summed E-state index contributed by atoms with van der Waals surface area (Å²) < 4.78 is 5.49. The standard InChI is InChI=1S/C13H24N2O2/c1-4-5-12(6-7-16)8-14-9-13-15-10(2)11(3)17-13/h12,14,16H,4-9H2,1-3H3. The second-order valence-corrected chi connectivity index (χ2v) is 4.55. The Balaban J connectivity index is 2.30. The van der Waals surface area contributed by atoms with Gasteiger partial charge >= 0.3 is 0 Å². The van der Waals surface area contributed by atoms with Gasteiger partial charge < -0.3 is 14.8 Å². The lowest BCUT2D eigenvalue weighted by Crippen LogP contribution is -2.23. The first-order valence-electron chi connectivity index (χ1n) is 6.41. The molecule has 0 aliphatic rings. The lowest BCUT2D eigenvalue weighted by atomic mass is 10.0. The van der Waals surface area contributed by atoms with Crippen LogP contribution in [0.2, 0.25) is 0 Å². The van der Waals surface area contributed by atoms with Crippen LogP contribution in [-0.4, -0.2) is 23.2 Å². The van der Waals surface area contributed by atoms with Gasteiger partial charge in [-0.3, -0.25) is 0 Å². The first-order valence-corrected chi connectivity index (χ1v) is 6.41. The zero-order valence-electron chi connectivity index (χ0n) is 11.1. The van der Waals surface area contributed by atoms with Crippen LogP contribution in [-0.2, 0) is 6.54 Å². The highest BCUT2D eigenvalue weighted by Gasteiger charge is 2.08. The Kier molecular flexibility index (Phi) is 6.22. The average Bonchev–Trinajstić information content (AvgIpc) is 2.59. The van der Waals surface area contributed by atoms with E-state index in [1.807, 2.05) is 13.8 Å². The Morgan fingerprint density at radius 2 is 2.12 bits per heavy atom. The Morgan fingerprint density at radius 3 is 2.65 bits per heavy atom. The number of nitrogens with zero attached hydrogens (tertiary/aromatic N) is 1. The van der Waals surface area contributed by atoms with Crippen molar-refractivity contribution in [2.75, 3.05) is 13.2 Å². The molecule has 1 rings (SSSR count). The van der Waals surface area contributed by atoms with Crippen molar-refractivity contribution in [1.82, 2.24) is 10.3 Å². The summed E-state index contributed by atoms with van der Waals surface area (Å²) in [5.41, 5.74) is 0.960. The van der Waals surface area contributed by atoms with E-state index < -0.39 is 0 Å². The molecule has 1 unspecified atom stereocenters. The van der Waals surface area contributed by atoms with Crippen molar-refractivity contribution in [3.05, 3.63) is 17.3 Å². The molecule has 0 spiro atoms. The van der Waals surface area contributed by atoms with Crippen molar-refractivity contribution >= 4 is 0 Å². The predicted octanol–water partition coefficient (Wildman–Crippen LogP) is 2.18. The van der Waals surface area contributed by atoms with Gasteiger partial charge in [0.2, 0.25) is 5.89 Å². The third-order valence-corrected chi connectivity index (χ3v) is 3.02. The first kappa shape index (κ1) is 14.2. The van der Waals surface area contributed by atoms with Gasteiger partial charge in [0.05, 0.1) is 12.2 Å². The van der Waals surface area contributed by atoms with E-state index in [4.69, 9.17) is 9.52 Å². The average molecular weight is 240 g/mol. The molecule has 98 valence electrons. The maximum atomic E-state index is 8.96. The van der Waals surface area contributed by atoms with Crippen molar-refractivity contribution in [2.24, 2.45) is 5.92 Å². The first-order chi connectivity index (χ1) is 8.17. The van der Waals surface area contributed by atoms with E-state index in [-0.39, 0.29) is 6.61 Å². The summed E-state index contributed by atoms with van der Waals surface area (Å²) in [6.07, 6.45) is 3.17. The van der Waals surface area contributed by atoms with Crippen molar-refractivity contribution in [1.29, 1.82) is 0 Å². The molecule has 2 N–H and O–H groups in total. The molecular formula is C13H24N2O2. The minimum Gasteiger partial charge on any atom is -0.444 e. The van der Waals surface area contributed by atoms with Crippen LogP contribution in [0.15, 0.2) is 4.42 Å². The van der Waals surface area contributed by atoms with Crippen LogP contribution >= 0.6 is 0 Å². The number of aryl methyl sites for hydroxylation is 2. The summed E-state index contributed by atoms with van der Waals surface area (Å²) in [5, 5.41) is 12.3. The largest absolute Gasteiger partial charge is 0.444 e. The van der Waals surface area contributed by atoms with Crippen molar-refractivity contribution in [2.45, 2.75) is 46.6 Å². The number of aromatic nitrogens is 1. The predicted molar refractivity (Wildman–Crippen MR) is 67.8 cm³/mol. The highest BCUT2D eigenvalue weighted by Crippen LogP contribution is 2.11. The SMILES string of the molecule is CCCC(CCO)CNCc1nc(C)c(C)o1. The van der Waals surface area contributed by atoms with Gasteiger partial charge in [-0.25, -0.2) is 4.98 Å². The monoisotopic (exact) mass is 240 g/mol. The molecule has 0 fully saturated rings. The van der Waals surface area contributed by atoms with Gasteiger partial charge in [0.15, 0.2) is 0 Å². The molecule has 17 heavy (non-hydrogen) atoms. The van der Waals surface area contributed by atoms with Gasteiger partial charge in [-0.2, -0.15) is 0 Å². The molecule has 1 aromatic rings. The topological polar surface area (TPSA) is 58.3 Å². The van der Waals surface area contributed by atoms with Gasteiger partial charge in [-0.05, 0) is 39.2 Å². The lowest BCUT2D eigenvalue weighted by molar-refractivity contribution is 0.247. The summed E-state index contributed by atoms with van der Waals surface area (Å²) in [4.78, 5) is 4.32. The van der Waals surface area contributed by atoms with Crippen LogP contribution in [0.1, 0.15) is 43.5 Å². The highest BCUT2D eigenvalue weighted by molar-refractivity contribution is 5.05. The van der Waals surface area contributed by atoms with Crippen molar-refractivity contribution in [3.8, 4) is 0 Å². The number of hydrogen-bond donors (Lipinski definition) is 2. The normalized spacial score (nSPS) is 12.9. The van der Waals surface area contributed by atoms with E-state index in [1.165, 1.54) is 0 Å². The summed E-state index contributed by atoms with van der Waals surface area (Å²) in [7, 11) is 0. The Bertz CT molecular complexity index is 298. The molecule has 1 aromatic heterocycles. The minimum absolute atomic E-state index is 0.267. The number of rotatable bonds is 8. The van der Waals surface area contributed by atoms with Gasteiger partial charge in [0.1, 0.15) is 5.76 Å². The fraction of sp³-hybridized carbons (Fsp3) is 0.769. The molecule has 1 atom stereocenters. The van der Waals surface area contributed by atoms with Crippen molar-refractivity contribution < 1.29 is 9.52 Å². The second-order valence-electron chi connectivity index (χ2n) is 4.55. The smallest absolute Gasteiger partial charge is 0.208 e. The molecule has 4 nitrogen and oxygen atoms in total. The van der Waals surface area contributed by atoms with E-state index in [9.17, 15) is 0 Å². The molecule has 1 heterocycles. The number of aliphatic hydroxyl groups is 1. The van der Waals surface area contributed by atoms with E-state index in [2.05, 4.69) is 17.2 Å². The molecule has 0 saturated heterocycles. The van der Waals surface area contributed by atoms with Crippen LogP contribution in [0.5, 0.6) is 0 Å². The van der Waals surface area contributed by atoms with Crippen LogP contribution < -0.4 is 5.32 Å². The van der Waals surface area contributed by atoms with E-state index in [1.54, 1.807) is 0 Å². The second kappa shape index (κ2) is 7.45. The molecular weight excluding hydrogens is 216 g/mol. The van der Waals surface area contributed by atoms with E-state index >= 15 is 0 Å². The summed E-state index contributed by atoms with van der Waals surface area (Å²) in [5.74, 6) is 2.18. The number of aliphatic hydroxyl groups excluding tert-OH is 1. The maximum Gasteiger partial charge on any atom is 0.208 e. The number of nitrogens with one attached hydrogen (secondary N) is 1. The van der Waals surface area contributed by atoms with Crippen LogP contribution in [0.3, 0.4) is 0 Å². The van der Waals surface area contributed by atoms with Gasteiger partial charge in [0, 0.05) is 6.61 Å². The molecule has 0 aromatic carbocycles. The minimum atomic E-state index is 0.267. The maximum absolute atomic E-state index is 8.96. The molecule has 0 bridgehead atoms. The zero-order valence-corrected chi connectivity index (χ0v) is 11.1. The summed E-state index contributed by atoms with van der Waals surface area (Å²) >= 11 is 0. The van der Waals surface area contributed by atoms with Crippen LogP contribution in [0.25, 0.3) is 0 Å². The lowest BCUT2D eigenvalue weighted by Gasteiger charge is -2.14. The quantitative estimate of drug-likeness (QED) is 0.731. The number of hydrogen-bond acceptors (Lipinski definition) is 4. The van der Waals surface area contributed by atoms with Crippen LogP contribution in [0.4, 0.5) is 0 Å². The van der Waals surface area contributed by atoms with Crippen molar-refractivity contribution in [3.63, 3.8) is 0 Å². The van der Waals surface area contributed by atoms with Gasteiger partial charge in [-0.1, -0.05) is 13.3 Å². The number of oxazole rings is 1. The molecule has 0 radical (unpaired) electrons. The van der Waals surface area contributed by atoms with Crippen LogP contribution in [0, 0.1) is 19.8 Å². The Labute approximate surface area is 103 Å². The Hall–Kier alpha value is -0.870. The summed E-state index contributed by atoms with van der Waals surface area (Å²) in [6.45, 7) is 7.90. The fourth-order valence-electron chi connectivity index (χ4n) is 1.94. The molecule has 4 heteroatoms.